The minimum Gasteiger partial charge on any atom is -0.439 e. The number of fused-ring (bicyclic) bond motifs is 1. The average Bonchev–Trinajstić information content (AvgIpc) is 3.10. The number of benzene rings is 1. The van der Waals surface area contributed by atoms with Crippen molar-refractivity contribution < 1.29 is 9.15 Å². The van der Waals surface area contributed by atoms with Gasteiger partial charge in [0.15, 0.2) is 5.58 Å². The van der Waals surface area contributed by atoms with Gasteiger partial charge in [-0.25, -0.2) is 4.98 Å². The molecule has 24 heavy (non-hydrogen) atoms. The Hall–Kier alpha value is -2.18. The zero-order valence-electron chi connectivity index (χ0n) is 14.1. The van der Waals surface area contributed by atoms with E-state index in [1.807, 2.05) is 35.9 Å². The van der Waals surface area contributed by atoms with Gasteiger partial charge in [-0.15, -0.1) is 0 Å². The Kier molecular flexibility index (Phi) is 4.08. The maximum Gasteiger partial charge on any atom is 0.209 e. The highest BCUT2D eigenvalue weighted by molar-refractivity contribution is 5.72. The molecule has 0 bridgehead atoms. The Morgan fingerprint density at radius 2 is 2.12 bits per heavy atom. The summed E-state index contributed by atoms with van der Waals surface area (Å²) in [6, 6.07) is 9.98. The lowest BCUT2D eigenvalue weighted by atomic mass is 10.2. The number of oxazole rings is 1. The first-order chi connectivity index (χ1) is 11.7. The zero-order valence-corrected chi connectivity index (χ0v) is 14.1. The van der Waals surface area contributed by atoms with Crippen molar-refractivity contribution in [1.82, 2.24) is 19.7 Å². The Morgan fingerprint density at radius 3 is 2.92 bits per heavy atom. The van der Waals surface area contributed by atoms with E-state index in [-0.39, 0.29) is 6.10 Å². The Labute approximate surface area is 141 Å². The van der Waals surface area contributed by atoms with Gasteiger partial charge in [0.2, 0.25) is 5.89 Å². The summed E-state index contributed by atoms with van der Waals surface area (Å²) >= 11 is 0. The summed E-state index contributed by atoms with van der Waals surface area (Å²) in [6.45, 7) is 8.08. The van der Waals surface area contributed by atoms with Crippen LogP contribution < -0.4 is 0 Å². The topological polar surface area (TPSA) is 56.3 Å². The zero-order chi connectivity index (χ0) is 16.5. The molecule has 0 spiro atoms. The number of morpholine rings is 1. The van der Waals surface area contributed by atoms with E-state index in [9.17, 15) is 0 Å². The van der Waals surface area contributed by atoms with Crippen LogP contribution in [-0.4, -0.2) is 45.5 Å². The van der Waals surface area contributed by atoms with Crippen LogP contribution in [0.3, 0.4) is 0 Å². The van der Waals surface area contributed by atoms with E-state index in [4.69, 9.17) is 9.15 Å². The molecule has 0 aliphatic carbocycles. The van der Waals surface area contributed by atoms with Crippen LogP contribution in [0.4, 0.5) is 0 Å². The smallest absolute Gasteiger partial charge is 0.209 e. The van der Waals surface area contributed by atoms with E-state index in [0.29, 0.717) is 6.54 Å². The molecule has 6 heteroatoms. The molecule has 1 unspecified atom stereocenters. The van der Waals surface area contributed by atoms with E-state index in [1.54, 1.807) is 0 Å². The third-order valence-electron chi connectivity index (χ3n) is 4.40. The largest absolute Gasteiger partial charge is 0.439 e. The minimum absolute atomic E-state index is 0.140. The van der Waals surface area contributed by atoms with Crippen molar-refractivity contribution in [3.8, 4) is 0 Å². The molecule has 1 fully saturated rings. The molecule has 1 aromatic carbocycles. The number of ether oxygens (including phenoxy) is 1. The number of rotatable bonds is 4. The van der Waals surface area contributed by atoms with Gasteiger partial charge in [0.25, 0.3) is 0 Å². The molecule has 3 aromatic rings. The first-order valence-corrected chi connectivity index (χ1v) is 8.37. The summed E-state index contributed by atoms with van der Waals surface area (Å²) in [7, 11) is 0. The van der Waals surface area contributed by atoms with Crippen molar-refractivity contribution in [2.24, 2.45) is 0 Å². The lowest BCUT2D eigenvalue weighted by Crippen LogP contribution is -2.44. The fourth-order valence-electron chi connectivity index (χ4n) is 3.27. The lowest BCUT2D eigenvalue weighted by molar-refractivity contribution is -0.0424. The Bertz CT molecular complexity index is 806. The lowest BCUT2D eigenvalue weighted by Gasteiger charge is -2.32. The van der Waals surface area contributed by atoms with Crippen molar-refractivity contribution in [1.29, 1.82) is 0 Å². The first kappa shape index (κ1) is 15.4. The molecule has 6 nitrogen and oxygen atoms in total. The molecular formula is C18H22N4O2. The van der Waals surface area contributed by atoms with Crippen molar-refractivity contribution in [2.75, 3.05) is 19.7 Å². The summed E-state index contributed by atoms with van der Waals surface area (Å²) in [6.07, 6.45) is 0.140. The van der Waals surface area contributed by atoms with Gasteiger partial charge in [-0.2, -0.15) is 5.10 Å². The second kappa shape index (κ2) is 6.37. The number of aromatic nitrogens is 3. The molecule has 3 heterocycles. The van der Waals surface area contributed by atoms with Gasteiger partial charge in [0, 0.05) is 18.8 Å². The predicted molar refractivity (Wildman–Crippen MR) is 90.7 cm³/mol. The minimum atomic E-state index is 0.140. The SMILES string of the molecule is Cc1cc(C)n(CC2CN(Cc3nc4ccccc4o3)CCO2)n1. The molecule has 0 N–H and O–H groups in total. The monoisotopic (exact) mass is 326 g/mol. The molecule has 0 amide bonds. The van der Waals surface area contributed by atoms with E-state index in [1.165, 1.54) is 5.69 Å². The molecule has 1 aliphatic heterocycles. The van der Waals surface area contributed by atoms with Crippen LogP contribution in [0, 0.1) is 13.8 Å². The molecule has 4 rings (SSSR count). The highest BCUT2D eigenvalue weighted by Gasteiger charge is 2.23. The van der Waals surface area contributed by atoms with Gasteiger partial charge in [-0.05, 0) is 32.0 Å². The first-order valence-electron chi connectivity index (χ1n) is 8.37. The fraction of sp³-hybridized carbons (Fsp3) is 0.444. The van der Waals surface area contributed by atoms with E-state index in [2.05, 4.69) is 28.0 Å². The van der Waals surface area contributed by atoms with Crippen molar-refractivity contribution in [2.45, 2.75) is 33.0 Å². The van der Waals surface area contributed by atoms with Crippen LogP contribution in [0.1, 0.15) is 17.3 Å². The van der Waals surface area contributed by atoms with Crippen molar-refractivity contribution in [3.63, 3.8) is 0 Å². The van der Waals surface area contributed by atoms with Crippen LogP contribution in [-0.2, 0) is 17.8 Å². The van der Waals surface area contributed by atoms with E-state index < -0.39 is 0 Å². The summed E-state index contributed by atoms with van der Waals surface area (Å²) in [4.78, 5) is 6.90. The molecule has 126 valence electrons. The molecule has 1 saturated heterocycles. The van der Waals surface area contributed by atoms with Crippen molar-refractivity contribution in [3.05, 3.63) is 47.6 Å². The third-order valence-corrected chi connectivity index (χ3v) is 4.40. The molecule has 1 atom stereocenters. The van der Waals surface area contributed by atoms with Gasteiger partial charge < -0.3 is 9.15 Å². The summed E-state index contributed by atoms with van der Waals surface area (Å²) < 4.78 is 13.8. The third kappa shape index (κ3) is 3.20. The molecule has 2 aromatic heterocycles. The number of hydrogen-bond donors (Lipinski definition) is 0. The number of aryl methyl sites for hydroxylation is 2. The normalized spacial score (nSPS) is 19.2. The van der Waals surface area contributed by atoms with Gasteiger partial charge in [0.1, 0.15) is 5.52 Å². The van der Waals surface area contributed by atoms with Gasteiger partial charge in [0.05, 0.1) is 31.5 Å². The van der Waals surface area contributed by atoms with Gasteiger partial charge in [-0.3, -0.25) is 9.58 Å². The summed E-state index contributed by atoms with van der Waals surface area (Å²) in [5.74, 6) is 0.767. The number of hydrogen-bond acceptors (Lipinski definition) is 5. The van der Waals surface area contributed by atoms with Crippen LogP contribution in [0.25, 0.3) is 11.1 Å². The maximum absolute atomic E-state index is 5.92. The highest BCUT2D eigenvalue weighted by atomic mass is 16.5. The predicted octanol–water partition coefficient (Wildman–Crippen LogP) is 2.54. The van der Waals surface area contributed by atoms with E-state index >= 15 is 0 Å². The molecule has 0 radical (unpaired) electrons. The highest BCUT2D eigenvalue weighted by Crippen LogP contribution is 2.18. The Balaban J connectivity index is 1.42. The second-order valence-electron chi connectivity index (χ2n) is 6.41. The molecule has 1 aliphatic rings. The number of para-hydroxylation sites is 2. The maximum atomic E-state index is 5.92. The summed E-state index contributed by atoms with van der Waals surface area (Å²) in [5, 5.41) is 4.53. The van der Waals surface area contributed by atoms with Crippen LogP contribution >= 0.6 is 0 Å². The van der Waals surface area contributed by atoms with Crippen LogP contribution in [0.2, 0.25) is 0 Å². The van der Waals surface area contributed by atoms with Gasteiger partial charge in [-0.1, -0.05) is 12.1 Å². The average molecular weight is 326 g/mol. The standard InChI is InChI=1S/C18H22N4O2/c1-13-9-14(2)22(20-13)11-15-10-21(7-8-23-15)12-18-19-16-5-3-4-6-17(16)24-18/h3-6,9,15H,7-8,10-12H2,1-2H3. The van der Waals surface area contributed by atoms with Crippen molar-refractivity contribution >= 4 is 11.1 Å². The quantitative estimate of drug-likeness (QED) is 0.737. The fourth-order valence-corrected chi connectivity index (χ4v) is 3.27. The van der Waals surface area contributed by atoms with Crippen LogP contribution in [0.15, 0.2) is 34.7 Å². The Morgan fingerprint density at radius 1 is 1.25 bits per heavy atom. The molecule has 0 saturated carbocycles. The number of nitrogens with zero attached hydrogens (tertiary/aromatic N) is 4. The van der Waals surface area contributed by atoms with E-state index in [0.717, 1.165) is 48.9 Å². The molecular weight excluding hydrogens is 304 g/mol. The summed E-state index contributed by atoms with van der Waals surface area (Å²) in [5.41, 5.74) is 3.98. The van der Waals surface area contributed by atoms with Gasteiger partial charge >= 0.3 is 0 Å². The van der Waals surface area contributed by atoms with Crippen LogP contribution in [0.5, 0.6) is 0 Å². The second-order valence-corrected chi connectivity index (χ2v) is 6.41.